The van der Waals surface area contributed by atoms with Crippen LogP contribution in [0.15, 0.2) is 33.6 Å². The highest BCUT2D eigenvalue weighted by Crippen LogP contribution is 2.24. The predicted molar refractivity (Wildman–Crippen MR) is 81.3 cm³/mol. The molecule has 0 radical (unpaired) electrons. The fourth-order valence-corrected chi connectivity index (χ4v) is 4.03. The SMILES string of the molecule is CCc1nn(C)c(CS(=O)c2cccc(N)c2)c1Br. The molecule has 1 aromatic carbocycles. The summed E-state index contributed by atoms with van der Waals surface area (Å²) in [6, 6.07) is 7.19. The van der Waals surface area contributed by atoms with E-state index in [0.717, 1.165) is 27.2 Å². The molecule has 0 aliphatic heterocycles. The summed E-state index contributed by atoms with van der Waals surface area (Å²) >= 11 is 3.54. The molecule has 0 aliphatic carbocycles. The molecule has 4 nitrogen and oxygen atoms in total. The van der Waals surface area contributed by atoms with Crippen LogP contribution in [0.5, 0.6) is 0 Å². The molecular formula is C13H16BrN3OS. The lowest BCUT2D eigenvalue weighted by atomic mass is 10.3. The summed E-state index contributed by atoms with van der Waals surface area (Å²) in [5.41, 5.74) is 8.27. The van der Waals surface area contributed by atoms with E-state index in [1.165, 1.54) is 0 Å². The first-order chi connectivity index (χ1) is 9.02. The van der Waals surface area contributed by atoms with Crippen LogP contribution in [-0.2, 0) is 30.0 Å². The molecule has 0 saturated carbocycles. The number of hydrogen-bond acceptors (Lipinski definition) is 3. The minimum Gasteiger partial charge on any atom is -0.399 e. The first-order valence-corrected chi connectivity index (χ1v) is 8.08. The Kier molecular flexibility index (Phi) is 4.42. The molecule has 1 unspecified atom stereocenters. The molecule has 0 fully saturated rings. The van der Waals surface area contributed by atoms with E-state index < -0.39 is 10.8 Å². The smallest absolute Gasteiger partial charge is 0.0767 e. The Morgan fingerprint density at radius 1 is 1.47 bits per heavy atom. The third-order valence-electron chi connectivity index (χ3n) is 2.89. The van der Waals surface area contributed by atoms with Crippen molar-refractivity contribution < 1.29 is 4.21 Å². The highest BCUT2D eigenvalue weighted by atomic mass is 79.9. The Morgan fingerprint density at radius 3 is 2.79 bits per heavy atom. The summed E-state index contributed by atoms with van der Waals surface area (Å²) < 4.78 is 15.1. The Hall–Kier alpha value is -1.14. The zero-order valence-electron chi connectivity index (χ0n) is 10.9. The number of nitrogen functional groups attached to an aromatic ring is 1. The summed E-state index contributed by atoms with van der Waals surface area (Å²) in [5, 5.41) is 4.40. The van der Waals surface area contributed by atoms with Crippen LogP contribution in [0, 0.1) is 0 Å². The van der Waals surface area contributed by atoms with Gasteiger partial charge in [-0.25, -0.2) is 0 Å². The maximum absolute atomic E-state index is 12.4. The van der Waals surface area contributed by atoms with Crippen molar-refractivity contribution in [2.24, 2.45) is 7.05 Å². The van der Waals surface area contributed by atoms with Crippen LogP contribution in [0.4, 0.5) is 5.69 Å². The topological polar surface area (TPSA) is 60.9 Å². The summed E-state index contributed by atoms with van der Waals surface area (Å²) in [7, 11) is 0.746. The van der Waals surface area contributed by atoms with Crippen molar-refractivity contribution in [1.29, 1.82) is 0 Å². The van der Waals surface area contributed by atoms with Gasteiger partial charge in [-0.2, -0.15) is 5.10 Å². The number of benzene rings is 1. The number of aryl methyl sites for hydroxylation is 2. The third kappa shape index (κ3) is 3.06. The van der Waals surface area contributed by atoms with Gasteiger partial charge in [0.2, 0.25) is 0 Å². The molecule has 2 aromatic rings. The van der Waals surface area contributed by atoms with Crippen molar-refractivity contribution in [3.8, 4) is 0 Å². The van der Waals surface area contributed by atoms with Crippen molar-refractivity contribution in [2.45, 2.75) is 24.0 Å². The van der Waals surface area contributed by atoms with E-state index in [2.05, 4.69) is 21.0 Å². The molecule has 1 atom stereocenters. The number of nitrogens with two attached hydrogens (primary N) is 1. The predicted octanol–water partition coefficient (Wildman–Crippen LogP) is 2.64. The quantitative estimate of drug-likeness (QED) is 0.869. The molecule has 19 heavy (non-hydrogen) atoms. The van der Waals surface area contributed by atoms with Gasteiger partial charge in [0.25, 0.3) is 0 Å². The van der Waals surface area contributed by atoms with Crippen LogP contribution in [-0.4, -0.2) is 14.0 Å². The Morgan fingerprint density at radius 2 is 2.21 bits per heavy atom. The van der Waals surface area contributed by atoms with Gasteiger partial charge in [-0.3, -0.25) is 8.89 Å². The monoisotopic (exact) mass is 341 g/mol. The van der Waals surface area contributed by atoms with Gasteiger partial charge in [0.15, 0.2) is 0 Å². The number of hydrogen-bond donors (Lipinski definition) is 1. The normalized spacial score (nSPS) is 12.6. The molecule has 102 valence electrons. The van der Waals surface area contributed by atoms with Crippen molar-refractivity contribution >= 4 is 32.4 Å². The zero-order chi connectivity index (χ0) is 14.0. The molecule has 0 amide bonds. The fourth-order valence-electron chi connectivity index (χ4n) is 1.84. The van der Waals surface area contributed by atoms with Gasteiger partial charge in [0.05, 0.1) is 32.4 Å². The summed E-state index contributed by atoms with van der Waals surface area (Å²) in [6.07, 6.45) is 0.847. The number of halogens is 1. The molecule has 0 bridgehead atoms. The van der Waals surface area contributed by atoms with E-state index in [0.29, 0.717) is 11.4 Å². The van der Waals surface area contributed by atoms with Crippen molar-refractivity contribution in [1.82, 2.24) is 9.78 Å². The number of anilines is 1. The zero-order valence-corrected chi connectivity index (χ0v) is 13.3. The van der Waals surface area contributed by atoms with Gasteiger partial charge in [0.1, 0.15) is 0 Å². The van der Waals surface area contributed by atoms with Crippen molar-refractivity contribution in [2.75, 3.05) is 5.73 Å². The van der Waals surface area contributed by atoms with Crippen LogP contribution in [0.3, 0.4) is 0 Å². The molecule has 0 spiro atoms. The molecule has 1 heterocycles. The van der Waals surface area contributed by atoms with Crippen LogP contribution in [0.25, 0.3) is 0 Å². The van der Waals surface area contributed by atoms with E-state index in [1.54, 1.807) is 16.8 Å². The van der Waals surface area contributed by atoms with Crippen molar-refractivity contribution in [3.63, 3.8) is 0 Å². The maximum Gasteiger partial charge on any atom is 0.0767 e. The average Bonchev–Trinajstić information content (AvgIpc) is 2.66. The number of aromatic nitrogens is 2. The molecule has 0 aliphatic rings. The highest BCUT2D eigenvalue weighted by molar-refractivity contribution is 9.10. The molecule has 2 rings (SSSR count). The van der Waals surface area contributed by atoms with Gasteiger partial charge < -0.3 is 5.73 Å². The van der Waals surface area contributed by atoms with Gasteiger partial charge in [-0.1, -0.05) is 13.0 Å². The van der Waals surface area contributed by atoms with Gasteiger partial charge >= 0.3 is 0 Å². The van der Waals surface area contributed by atoms with E-state index >= 15 is 0 Å². The Balaban J connectivity index is 2.27. The van der Waals surface area contributed by atoms with Crippen LogP contribution >= 0.6 is 15.9 Å². The van der Waals surface area contributed by atoms with Gasteiger partial charge in [-0.05, 0) is 40.5 Å². The largest absolute Gasteiger partial charge is 0.399 e. The lowest BCUT2D eigenvalue weighted by Gasteiger charge is -2.05. The molecule has 2 N–H and O–H groups in total. The average molecular weight is 342 g/mol. The third-order valence-corrected chi connectivity index (χ3v) is 5.12. The fraction of sp³-hybridized carbons (Fsp3) is 0.308. The summed E-state index contributed by atoms with van der Waals surface area (Å²) in [5.74, 6) is 0.424. The van der Waals surface area contributed by atoms with Gasteiger partial charge in [-0.15, -0.1) is 0 Å². The molecule has 0 saturated heterocycles. The number of nitrogens with zero attached hydrogens (tertiary/aromatic N) is 2. The van der Waals surface area contributed by atoms with E-state index in [4.69, 9.17) is 5.73 Å². The van der Waals surface area contributed by atoms with E-state index in [1.807, 2.05) is 26.1 Å². The lowest BCUT2D eigenvalue weighted by Crippen LogP contribution is -2.04. The first kappa shape index (κ1) is 14.3. The Labute approximate surface area is 123 Å². The standard InChI is InChI=1S/C13H16BrN3OS/c1-3-11-13(14)12(17(2)16-11)8-19(18)10-6-4-5-9(15)7-10/h4-7H,3,8,15H2,1-2H3. The van der Waals surface area contributed by atoms with Gasteiger partial charge in [0, 0.05) is 17.6 Å². The van der Waals surface area contributed by atoms with Crippen molar-refractivity contribution in [3.05, 3.63) is 40.1 Å². The van der Waals surface area contributed by atoms with E-state index in [9.17, 15) is 4.21 Å². The second-order valence-corrected chi connectivity index (χ2v) is 6.49. The minimum atomic E-state index is -1.12. The summed E-state index contributed by atoms with van der Waals surface area (Å²) in [4.78, 5) is 0.742. The molecule has 1 aromatic heterocycles. The molecular weight excluding hydrogens is 326 g/mol. The second kappa shape index (κ2) is 5.88. The lowest BCUT2D eigenvalue weighted by molar-refractivity contribution is 0.675. The highest BCUT2D eigenvalue weighted by Gasteiger charge is 2.16. The van der Waals surface area contributed by atoms with Crippen LogP contribution < -0.4 is 5.73 Å². The summed E-state index contributed by atoms with van der Waals surface area (Å²) in [6.45, 7) is 2.05. The molecule has 6 heteroatoms. The van der Waals surface area contributed by atoms with Crippen LogP contribution in [0.1, 0.15) is 18.3 Å². The van der Waals surface area contributed by atoms with E-state index in [-0.39, 0.29) is 0 Å². The first-order valence-electron chi connectivity index (χ1n) is 5.97. The van der Waals surface area contributed by atoms with Crippen LogP contribution in [0.2, 0.25) is 0 Å². The minimum absolute atomic E-state index is 0.424. The maximum atomic E-state index is 12.4. The second-order valence-electron chi connectivity index (χ2n) is 4.25. The number of rotatable bonds is 4. The Bertz CT molecular complexity index is 624.